The van der Waals surface area contributed by atoms with Crippen molar-refractivity contribution in [2.24, 2.45) is 11.7 Å². The second-order valence-electron chi connectivity index (χ2n) is 5.12. The van der Waals surface area contributed by atoms with Gasteiger partial charge < -0.3 is 10.6 Å². The zero-order chi connectivity index (χ0) is 11.1. The fourth-order valence-electron chi connectivity index (χ4n) is 3.26. The first-order valence-electron chi connectivity index (χ1n) is 6.20. The topological polar surface area (TPSA) is 42.2 Å². The molecule has 1 aromatic rings. The summed E-state index contributed by atoms with van der Waals surface area (Å²) < 4.78 is 0. The average Bonchev–Trinajstić information content (AvgIpc) is 2.90. The average molecular weight is 217 g/mol. The normalized spacial score (nSPS) is 27.8. The molecule has 2 fully saturated rings. The molecular formula is C13H19N3. The van der Waals surface area contributed by atoms with Gasteiger partial charge in [0.1, 0.15) is 5.82 Å². The van der Waals surface area contributed by atoms with Gasteiger partial charge in [-0.05, 0) is 43.7 Å². The van der Waals surface area contributed by atoms with E-state index < -0.39 is 0 Å². The van der Waals surface area contributed by atoms with E-state index in [-0.39, 0.29) is 0 Å². The minimum absolute atomic E-state index is 0.600. The van der Waals surface area contributed by atoms with Gasteiger partial charge in [-0.25, -0.2) is 4.98 Å². The Hall–Kier alpha value is -1.09. The molecule has 2 bridgehead atoms. The fourth-order valence-corrected chi connectivity index (χ4v) is 3.26. The van der Waals surface area contributed by atoms with Gasteiger partial charge in [0.2, 0.25) is 0 Å². The number of hydrogen-bond donors (Lipinski definition) is 1. The van der Waals surface area contributed by atoms with Crippen LogP contribution in [-0.2, 0) is 6.54 Å². The summed E-state index contributed by atoms with van der Waals surface area (Å²) in [5, 5.41) is 0. The number of aryl methyl sites for hydroxylation is 1. The van der Waals surface area contributed by atoms with Gasteiger partial charge in [-0.3, -0.25) is 0 Å². The minimum Gasteiger partial charge on any atom is -0.353 e. The predicted molar refractivity (Wildman–Crippen MR) is 65.3 cm³/mol. The molecule has 2 heterocycles. The second kappa shape index (κ2) is 3.74. The number of rotatable bonds is 2. The van der Waals surface area contributed by atoms with Crippen LogP contribution in [0.4, 0.5) is 5.82 Å². The smallest absolute Gasteiger partial charge is 0.133 e. The SMILES string of the molecule is Cc1ccnc(N2CC3CCC2C3)c1CN. The maximum Gasteiger partial charge on any atom is 0.133 e. The number of piperidine rings is 1. The number of anilines is 1. The third kappa shape index (κ3) is 1.42. The van der Waals surface area contributed by atoms with E-state index in [1.165, 1.54) is 36.9 Å². The number of nitrogens with zero attached hydrogens (tertiary/aromatic N) is 2. The molecule has 2 atom stereocenters. The summed E-state index contributed by atoms with van der Waals surface area (Å²) in [7, 11) is 0. The first-order chi connectivity index (χ1) is 7.79. The Morgan fingerprint density at radius 2 is 2.38 bits per heavy atom. The lowest BCUT2D eigenvalue weighted by Crippen LogP contribution is -2.33. The number of aromatic nitrogens is 1. The number of pyridine rings is 1. The van der Waals surface area contributed by atoms with Crippen molar-refractivity contribution in [1.29, 1.82) is 0 Å². The van der Waals surface area contributed by atoms with Gasteiger partial charge in [0.15, 0.2) is 0 Å². The van der Waals surface area contributed by atoms with Crippen molar-refractivity contribution in [2.75, 3.05) is 11.4 Å². The van der Waals surface area contributed by atoms with Gasteiger partial charge in [0, 0.05) is 30.9 Å². The maximum atomic E-state index is 5.85. The fraction of sp³-hybridized carbons (Fsp3) is 0.615. The molecule has 2 aliphatic rings. The van der Waals surface area contributed by atoms with Crippen LogP contribution in [0.5, 0.6) is 0 Å². The highest BCUT2D eigenvalue weighted by Gasteiger charge is 2.39. The van der Waals surface area contributed by atoms with Gasteiger partial charge in [0.05, 0.1) is 0 Å². The van der Waals surface area contributed by atoms with E-state index >= 15 is 0 Å². The zero-order valence-electron chi connectivity index (χ0n) is 9.82. The Morgan fingerprint density at radius 3 is 3.00 bits per heavy atom. The largest absolute Gasteiger partial charge is 0.353 e. The highest BCUT2D eigenvalue weighted by atomic mass is 15.2. The summed E-state index contributed by atoms with van der Waals surface area (Å²) in [6.45, 7) is 3.92. The van der Waals surface area contributed by atoms with E-state index in [2.05, 4.69) is 22.9 Å². The molecule has 86 valence electrons. The van der Waals surface area contributed by atoms with Crippen LogP contribution in [0.3, 0.4) is 0 Å². The molecule has 1 aliphatic heterocycles. The van der Waals surface area contributed by atoms with Crippen LogP contribution in [0.1, 0.15) is 30.4 Å². The van der Waals surface area contributed by atoms with Crippen molar-refractivity contribution < 1.29 is 0 Å². The summed E-state index contributed by atoms with van der Waals surface area (Å²) in [5.41, 5.74) is 8.36. The van der Waals surface area contributed by atoms with Crippen LogP contribution in [0.15, 0.2) is 12.3 Å². The number of nitrogens with two attached hydrogens (primary N) is 1. The lowest BCUT2D eigenvalue weighted by Gasteiger charge is -2.30. The molecule has 0 radical (unpaired) electrons. The monoisotopic (exact) mass is 217 g/mol. The van der Waals surface area contributed by atoms with E-state index in [1.807, 2.05) is 6.20 Å². The molecule has 16 heavy (non-hydrogen) atoms. The van der Waals surface area contributed by atoms with E-state index in [0.717, 1.165) is 17.8 Å². The Kier molecular flexibility index (Phi) is 2.36. The Morgan fingerprint density at radius 1 is 1.50 bits per heavy atom. The van der Waals surface area contributed by atoms with Crippen molar-refractivity contribution in [2.45, 2.75) is 38.8 Å². The van der Waals surface area contributed by atoms with Gasteiger partial charge in [-0.15, -0.1) is 0 Å². The molecule has 1 aromatic heterocycles. The van der Waals surface area contributed by atoms with E-state index in [0.29, 0.717) is 6.54 Å². The molecular weight excluding hydrogens is 198 g/mol. The molecule has 3 nitrogen and oxygen atoms in total. The van der Waals surface area contributed by atoms with E-state index in [1.54, 1.807) is 0 Å². The lowest BCUT2D eigenvalue weighted by molar-refractivity contribution is 0.549. The summed E-state index contributed by atoms with van der Waals surface area (Å²) >= 11 is 0. The third-order valence-corrected chi connectivity index (χ3v) is 4.15. The molecule has 1 aliphatic carbocycles. The molecule has 0 spiro atoms. The Bertz CT molecular complexity index is 402. The number of hydrogen-bond acceptors (Lipinski definition) is 3. The second-order valence-corrected chi connectivity index (χ2v) is 5.12. The molecule has 2 N–H and O–H groups in total. The van der Waals surface area contributed by atoms with Crippen molar-refractivity contribution in [3.8, 4) is 0 Å². The van der Waals surface area contributed by atoms with Gasteiger partial charge >= 0.3 is 0 Å². The summed E-state index contributed by atoms with van der Waals surface area (Å²) in [6, 6.07) is 2.78. The molecule has 1 saturated heterocycles. The van der Waals surface area contributed by atoms with Crippen molar-refractivity contribution in [3.63, 3.8) is 0 Å². The van der Waals surface area contributed by atoms with E-state index in [4.69, 9.17) is 5.73 Å². The van der Waals surface area contributed by atoms with Gasteiger partial charge in [0.25, 0.3) is 0 Å². The molecule has 0 aromatic carbocycles. The van der Waals surface area contributed by atoms with Crippen LogP contribution in [0.25, 0.3) is 0 Å². The van der Waals surface area contributed by atoms with Crippen LogP contribution in [0, 0.1) is 12.8 Å². The predicted octanol–water partition coefficient (Wildman–Crippen LogP) is 1.84. The number of fused-ring (bicyclic) bond motifs is 2. The standard InChI is InChI=1S/C13H19N3/c1-9-4-5-15-13(12(9)7-14)16-8-10-2-3-11(16)6-10/h4-5,10-11H,2-3,6-8,14H2,1H3. The van der Waals surface area contributed by atoms with Crippen molar-refractivity contribution in [1.82, 2.24) is 4.98 Å². The van der Waals surface area contributed by atoms with E-state index in [9.17, 15) is 0 Å². The van der Waals surface area contributed by atoms with Gasteiger partial charge in [-0.2, -0.15) is 0 Å². The lowest BCUT2D eigenvalue weighted by atomic mass is 10.1. The summed E-state index contributed by atoms with van der Waals surface area (Å²) in [4.78, 5) is 7.05. The van der Waals surface area contributed by atoms with Crippen molar-refractivity contribution in [3.05, 3.63) is 23.4 Å². The van der Waals surface area contributed by atoms with Crippen LogP contribution < -0.4 is 10.6 Å². The van der Waals surface area contributed by atoms with Crippen molar-refractivity contribution >= 4 is 5.82 Å². The Labute approximate surface area is 96.7 Å². The molecule has 0 amide bonds. The summed E-state index contributed by atoms with van der Waals surface area (Å²) in [5.74, 6) is 2.05. The highest BCUT2D eigenvalue weighted by Crippen LogP contribution is 2.40. The summed E-state index contributed by atoms with van der Waals surface area (Å²) in [6.07, 6.45) is 6.02. The van der Waals surface area contributed by atoms with Gasteiger partial charge in [-0.1, -0.05) is 0 Å². The zero-order valence-corrected chi connectivity index (χ0v) is 9.82. The minimum atomic E-state index is 0.600. The highest BCUT2D eigenvalue weighted by molar-refractivity contribution is 5.52. The van der Waals surface area contributed by atoms with Crippen LogP contribution >= 0.6 is 0 Å². The maximum absolute atomic E-state index is 5.85. The molecule has 1 saturated carbocycles. The van der Waals surface area contributed by atoms with Crippen LogP contribution in [0.2, 0.25) is 0 Å². The third-order valence-electron chi connectivity index (χ3n) is 4.15. The molecule has 3 heteroatoms. The molecule has 2 unspecified atom stereocenters. The molecule has 3 rings (SSSR count). The first kappa shape index (κ1) is 10.1. The quantitative estimate of drug-likeness (QED) is 0.822. The Balaban J connectivity index is 1.97. The van der Waals surface area contributed by atoms with Crippen LogP contribution in [-0.4, -0.2) is 17.6 Å². The first-order valence-corrected chi connectivity index (χ1v) is 6.20.